The molecule has 1 aliphatic rings. The molecule has 2 atom stereocenters. The molecule has 0 spiro atoms. The maximum absolute atomic E-state index is 12.3. The lowest BCUT2D eigenvalue weighted by Gasteiger charge is -2.32. The van der Waals surface area contributed by atoms with E-state index in [0.717, 1.165) is 4.90 Å². The fraction of sp³-hybridized carbons (Fsp3) is 0.909. The monoisotopic (exact) mass is 252 g/mol. The first-order valence-corrected chi connectivity index (χ1v) is 5.92. The molecule has 0 bridgehead atoms. The SMILES string of the molecule is CCN(CC(F)(F)F)C(=O)C1CCNC(C)C1. The molecule has 1 N–H and O–H groups in total. The molecule has 2 unspecified atom stereocenters. The van der Waals surface area contributed by atoms with Gasteiger partial charge in [-0.25, -0.2) is 0 Å². The van der Waals surface area contributed by atoms with Crippen molar-refractivity contribution < 1.29 is 18.0 Å². The zero-order chi connectivity index (χ0) is 13.1. The molecule has 1 heterocycles. The maximum atomic E-state index is 12.3. The van der Waals surface area contributed by atoms with Crippen LogP contribution in [0.25, 0.3) is 0 Å². The molecule has 0 saturated carbocycles. The van der Waals surface area contributed by atoms with Crippen LogP contribution in [0, 0.1) is 5.92 Å². The van der Waals surface area contributed by atoms with Crippen LogP contribution in [-0.4, -0.2) is 42.7 Å². The molecule has 0 aromatic heterocycles. The molecule has 0 aromatic carbocycles. The summed E-state index contributed by atoms with van der Waals surface area (Å²) in [6.45, 7) is 3.19. The largest absolute Gasteiger partial charge is 0.406 e. The minimum Gasteiger partial charge on any atom is -0.334 e. The summed E-state index contributed by atoms with van der Waals surface area (Å²) < 4.78 is 36.9. The van der Waals surface area contributed by atoms with Gasteiger partial charge < -0.3 is 10.2 Å². The van der Waals surface area contributed by atoms with Crippen LogP contribution in [0.15, 0.2) is 0 Å². The van der Waals surface area contributed by atoms with E-state index in [1.54, 1.807) is 6.92 Å². The first-order valence-electron chi connectivity index (χ1n) is 5.92. The number of piperidine rings is 1. The number of carbonyl (C=O) groups is 1. The van der Waals surface area contributed by atoms with E-state index in [9.17, 15) is 18.0 Å². The molecule has 17 heavy (non-hydrogen) atoms. The molecule has 1 amide bonds. The molecule has 0 aliphatic carbocycles. The predicted molar refractivity (Wildman–Crippen MR) is 58.5 cm³/mol. The van der Waals surface area contributed by atoms with Gasteiger partial charge in [-0.1, -0.05) is 0 Å². The minimum atomic E-state index is -4.32. The second kappa shape index (κ2) is 5.71. The van der Waals surface area contributed by atoms with Crippen molar-refractivity contribution in [3.05, 3.63) is 0 Å². The first kappa shape index (κ1) is 14.3. The summed E-state index contributed by atoms with van der Waals surface area (Å²) in [5.74, 6) is -0.633. The van der Waals surface area contributed by atoms with Gasteiger partial charge in [-0.05, 0) is 33.2 Å². The van der Waals surface area contributed by atoms with Gasteiger partial charge in [0.2, 0.25) is 5.91 Å². The van der Waals surface area contributed by atoms with Crippen LogP contribution in [0.5, 0.6) is 0 Å². The molecule has 1 rings (SSSR count). The molecule has 100 valence electrons. The number of amides is 1. The highest BCUT2D eigenvalue weighted by Crippen LogP contribution is 2.22. The van der Waals surface area contributed by atoms with Gasteiger partial charge in [-0.3, -0.25) is 4.79 Å². The Bertz CT molecular complexity index is 268. The molecule has 6 heteroatoms. The standard InChI is InChI=1S/C11H19F3N2O/c1-3-16(7-11(12,13)14)10(17)9-4-5-15-8(2)6-9/h8-9,15H,3-7H2,1-2H3. The van der Waals surface area contributed by atoms with Gasteiger partial charge in [0.1, 0.15) is 6.54 Å². The van der Waals surface area contributed by atoms with E-state index < -0.39 is 12.7 Å². The van der Waals surface area contributed by atoms with E-state index in [-0.39, 0.29) is 24.4 Å². The van der Waals surface area contributed by atoms with E-state index in [2.05, 4.69) is 5.32 Å². The lowest BCUT2D eigenvalue weighted by atomic mass is 9.92. The summed E-state index contributed by atoms with van der Waals surface area (Å²) in [6, 6.07) is 0.197. The van der Waals surface area contributed by atoms with Crippen LogP contribution in [-0.2, 0) is 4.79 Å². The van der Waals surface area contributed by atoms with Gasteiger partial charge in [0.15, 0.2) is 0 Å². The quantitative estimate of drug-likeness (QED) is 0.830. The summed E-state index contributed by atoms with van der Waals surface area (Å²) in [6.07, 6.45) is -3.07. The minimum absolute atomic E-state index is 0.108. The second-order valence-electron chi connectivity index (χ2n) is 4.54. The average Bonchev–Trinajstić information content (AvgIpc) is 2.23. The number of hydrogen-bond donors (Lipinski definition) is 1. The van der Waals surface area contributed by atoms with Gasteiger partial charge in [0.25, 0.3) is 0 Å². The van der Waals surface area contributed by atoms with Crippen molar-refractivity contribution >= 4 is 5.91 Å². The highest BCUT2D eigenvalue weighted by molar-refractivity contribution is 5.79. The van der Waals surface area contributed by atoms with E-state index in [0.29, 0.717) is 19.4 Å². The van der Waals surface area contributed by atoms with Crippen molar-refractivity contribution in [1.82, 2.24) is 10.2 Å². The Morgan fingerprint density at radius 2 is 2.12 bits per heavy atom. The Morgan fingerprint density at radius 3 is 2.59 bits per heavy atom. The van der Waals surface area contributed by atoms with Gasteiger partial charge in [0.05, 0.1) is 0 Å². The van der Waals surface area contributed by atoms with Crippen LogP contribution in [0.2, 0.25) is 0 Å². The predicted octanol–water partition coefficient (Wildman–Crippen LogP) is 1.79. The molecule has 1 aliphatic heterocycles. The summed E-state index contributed by atoms with van der Waals surface area (Å²) in [5.41, 5.74) is 0. The van der Waals surface area contributed by atoms with E-state index in [4.69, 9.17) is 0 Å². The second-order valence-corrected chi connectivity index (χ2v) is 4.54. The number of nitrogens with one attached hydrogen (secondary N) is 1. The molecule has 0 aromatic rings. The van der Waals surface area contributed by atoms with E-state index >= 15 is 0 Å². The Balaban J connectivity index is 2.59. The first-order chi connectivity index (χ1) is 7.83. The van der Waals surface area contributed by atoms with Crippen molar-refractivity contribution in [2.45, 2.75) is 38.9 Å². The van der Waals surface area contributed by atoms with Gasteiger partial charge in [-0.15, -0.1) is 0 Å². The Hall–Kier alpha value is -0.780. The van der Waals surface area contributed by atoms with Crippen molar-refractivity contribution in [2.75, 3.05) is 19.6 Å². The number of hydrogen-bond acceptors (Lipinski definition) is 2. The number of carbonyl (C=O) groups excluding carboxylic acids is 1. The number of nitrogens with zero attached hydrogens (tertiary/aromatic N) is 1. The summed E-state index contributed by atoms with van der Waals surface area (Å²) in [4.78, 5) is 12.9. The van der Waals surface area contributed by atoms with E-state index in [1.807, 2.05) is 6.92 Å². The van der Waals surface area contributed by atoms with Crippen molar-refractivity contribution in [3.63, 3.8) is 0 Å². The van der Waals surface area contributed by atoms with Gasteiger partial charge in [-0.2, -0.15) is 13.2 Å². The molecule has 0 radical (unpaired) electrons. The van der Waals surface area contributed by atoms with Crippen LogP contribution in [0.3, 0.4) is 0 Å². The lowest BCUT2D eigenvalue weighted by Crippen LogP contribution is -2.46. The van der Waals surface area contributed by atoms with Crippen LogP contribution in [0.1, 0.15) is 26.7 Å². The van der Waals surface area contributed by atoms with E-state index in [1.165, 1.54) is 0 Å². The van der Waals surface area contributed by atoms with Gasteiger partial charge in [0, 0.05) is 18.5 Å². The Labute approximate surface area is 99.4 Å². The van der Waals surface area contributed by atoms with Gasteiger partial charge >= 0.3 is 6.18 Å². The molecule has 1 saturated heterocycles. The summed E-state index contributed by atoms with van der Waals surface area (Å²) in [7, 11) is 0. The maximum Gasteiger partial charge on any atom is 0.406 e. The fourth-order valence-corrected chi connectivity index (χ4v) is 2.18. The van der Waals surface area contributed by atoms with Crippen LogP contribution >= 0.6 is 0 Å². The Kier molecular flexibility index (Phi) is 4.80. The number of halogens is 3. The number of rotatable bonds is 3. The number of alkyl halides is 3. The molecular weight excluding hydrogens is 233 g/mol. The zero-order valence-corrected chi connectivity index (χ0v) is 10.2. The molecular formula is C11H19F3N2O. The third-order valence-electron chi connectivity index (χ3n) is 3.04. The smallest absolute Gasteiger partial charge is 0.334 e. The van der Waals surface area contributed by atoms with Crippen molar-refractivity contribution in [3.8, 4) is 0 Å². The Morgan fingerprint density at radius 1 is 1.47 bits per heavy atom. The van der Waals surface area contributed by atoms with Crippen LogP contribution < -0.4 is 5.32 Å². The third kappa shape index (κ3) is 4.53. The highest BCUT2D eigenvalue weighted by atomic mass is 19.4. The summed E-state index contributed by atoms with van der Waals surface area (Å²) >= 11 is 0. The molecule has 3 nitrogen and oxygen atoms in total. The van der Waals surface area contributed by atoms with Crippen LogP contribution in [0.4, 0.5) is 13.2 Å². The van der Waals surface area contributed by atoms with Crippen molar-refractivity contribution in [1.29, 1.82) is 0 Å². The molecule has 1 fully saturated rings. The zero-order valence-electron chi connectivity index (χ0n) is 10.2. The topological polar surface area (TPSA) is 32.3 Å². The normalized spacial score (nSPS) is 25.7. The van der Waals surface area contributed by atoms with Crippen molar-refractivity contribution in [2.24, 2.45) is 5.92 Å². The average molecular weight is 252 g/mol. The third-order valence-corrected chi connectivity index (χ3v) is 3.04. The summed E-state index contributed by atoms with van der Waals surface area (Å²) in [5, 5.41) is 3.18. The fourth-order valence-electron chi connectivity index (χ4n) is 2.18. The lowest BCUT2D eigenvalue weighted by molar-refractivity contribution is -0.164. The highest BCUT2D eigenvalue weighted by Gasteiger charge is 2.35.